The van der Waals surface area contributed by atoms with Gasteiger partial charge in [-0.2, -0.15) is 5.10 Å². The molecule has 0 radical (unpaired) electrons. The van der Waals surface area contributed by atoms with E-state index in [1.165, 1.54) is 5.56 Å². The molecule has 1 aromatic carbocycles. The van der Waals surface area contributed by atoms with Crippen LogP contribution in [0.2, 0.25) is 0 Å². The van der Waals surface area contributed by atoms with Crippen LogP contribution in [0, 0.1) is 6.92 Å². The van der Waals surface area contributed by atoms with E-state index in [1.807, 2.05) is 31.2 Å². The molecule has 2 aromatic rings. The molecule has 2 aliphatic heterocycles. The minimum absolute atomic E-state index is 0.0898. The summed E-state index contributed by atoms with van der Waals surface area (Å²) in [5, 5.41) is 16.5. The Bertz CT molecular complexity index is 820. The van der Waals surface area contributed by atoms with Crippen molar-refractivity contribution >= 4 is 23.0 Å². The molecule has 130 valence electrons. The Morgan fingerprint density at radius 1 is 1.40 bits per heavy atom. The van der Waals surface area contributed by atoms with Gasteiger partial charge in [0.15, 0.2) is 17.2 Å². The van der Waals surface area contributed by atoms with Crippen LogP contribution >= 0.6 is 12.2 Å². The molecule has 3 atom stereocenters. The number of aryl methyl sites for hydroxylation is 1. The van der Waals surface area contributed by atoms with Gasteiger partial charge in [0.05, 0.1) is 18.4 Å². The average Bonchev–Trinajstić information content (AvgIpc) is 3.23. The molecular formula is C15H17N7O2S. The summed E-state index contributed by atoms with van der Waals surface area (Å²) in [6.07, 6.45) is -0.0432. The number of ether oxygens (including phenoxy) is 2. The van der Waals surface area contributed by atoms with Crippen LogP contribution in [0.1, 0.15) is 18.0 Å². The van der Waals surface area contributed by atoms with Crippen molar-refractivity contribution < 1.29 is 9.47 Å². The molecule has 10 heteroatoms. The Morgan fingerprint density at radius 2 is 2.20 bits per heavy atom. The van der Waals surface area contributed by atoms with E-state index in [9.17, 15) is 0 Å². The van der Waals surface area contributed by atoms with Crippen molar-refractivity contribution in [2.45, 2.75) is 31.8 Å². The standard InChI is InChI=1S/C15H17N7O2S/c1-8-2-4-9(5-3-8)13-18-20-21-22(13)11-6-10(17-19-15(16)25)14-23-7-12(11)24-14/h2-5,11-12,14H,6-7H2,1H3,(H3,16,19,25)/b17-10-. The molecule has 0 spiro atoms. The van der Waals surface area contributed by atoms with Gasteiger partial charge in [0, 0.05) is 12.0 Å². The van der Waals surface area contributed by atoms with Crippen LogP contribution in [0.15, 0.2) is 29.4 Å². The van der Waals surface area contributed by atoms with E-state index in [4.69, 9.17) is 27.4 Å². The second kappa shape index (κ2) is 6.47. The summed E-state index contributed by atoms with van der Waals surface area (Å²) < 4.78 is 13.3. The van der Waals surface area contributed by atoms with Crippen LogP contribution < -0.4 is 11.2 Å². The summed E-state index contributed by atoms with van der Waals surface area (Å²) in [7, 11) is 0. The lowest BCUT2D eigenvalue weighted by Gasteiger charge is -2.28. The van der Waals surface area contributed by atoms with Crippen molar-refractivity contribution in [1.82, 2.24) is 25.6 Å². The first-order chi connectivity index (χ1) is 12.1. The maximum absolute atomic E-state index is 5.90. The fourth-order valence-corrected chi connectivity index (χ4v) is 3.06. The first-order valence-electron chi connectivity index (χ1n) is 7.85. The normalized spacial score (nSPS) is 26.8. The highest BCUT2D eigenvalue weighted by Gasteiger charge is 2.44. The third-order valence-electron chi connectivity index (χ3n) is 4.26. The van der Waals surface area contributed by atoms with Crippen LogP contribution in [0.5, 0.6) is 0 Å². The number of nitrogens with zero attached hydrogens (tertiary/aromatic N) is 5. The van der Waals surface area contributed by atoms with Gasteiger partial charge < -0.3 is 15.2 Å². The molecule has 1 aromatic heterocycles. The van der Waals surface area contributed by atoms with Crippen molar-refractivity contribution in [2.24, 2.45) is 10.8 Å². The van der Waals surface area contributed by atoms with Gasteiger partial charge in [0.1, 0.15) is 6.10 Å². The Balaban J connectivity index is 1.65. The topological polar surface area (TPSA) is 112 Å². The van der Waals surface area contributed by atoms with Crippen molar-refractivity contribution in [1.29, 1.82) is 0 Å². The molecule has 3 heterocycles. The van der Waals surface area contributed by atoms with E-state index in [-0.39, 0.29) is 17.3 Å². The van der Waals surface area contributed by atoms with Crippen LogP contribution in [0.4, 0.5) is 0 Å². The number of hydrazone groups is 1. The van der Waals surface area contributed by atoms with Crippen LogP contribution in [0.25, 0.3) is 11.4 Å². The van der Waals surface area contributed by atoms with Gasteiger partial charge in [-0.3, -0.25) is 5.43 Å². The smallest absolute Gasteiger partial charge is 0.199 e. The van der Waals surface area contributed by atoms with Gasteiger partial charge in [-0.1, -0.05) is 29.8 Å². The highest BCUT2D eigenvalue weighted by Crippen LogP contribution is 2.35. The monoisotopic (exact) mass is 359 g/mol. The molecule has 25 heavy (non-hydrogen) atoms. The number of hydrogen-bond donors (Lipinski definition) is 2. The number of hydrogen-bond acceptors (Lipinski definition) is 7. The highest BCUT2D eigenvalue weighted by atomic mass is 32.1. The predicted octanol–water partition coefficient (Wildman–Crippen LogP) is 0.524. The maximum atomic E-state index is 5.90. The van der Waals surface area contributed by atoms with Crippen LogP contribution in [0.3, 0.4) is 0 Å². The zero-order valence-corrected chi connectivity index (χ0v) is 14.3. The molecule has 2 saturated heterocycles. The average molecular weight is 359 g/mol. The van der Waals surface area contributed by atoms with Gasteiger partial charge in [-0.05, 0) is 29.6 Å². The zero-order valence-electron chi connectivity index (χ0n) is 13.5. The van der Waals surface area contributed by atoms with Crippen molar-refractivity contribution in [3.63, 3.8) is 0 Å². The molecule has 0 amide bonds. The summed E-state index contributed by atoms with van der Waals surface area (Å²) in [4.78, 5) is 0. The van der Waals surface area contributed by atoms with Crippen LogP contribution in [-0.2, 0) is 9.47 Å². The third kappa shape index (κ3) is 3.11. The molecule has 9 nitrogen and oxygen atoms in total. The molecule has 3 unspecified atom stereocenters. The Kier molecular flexibility index (Phi) is 4.15. The molecule has 2 bridgehead atoms. The van der Waals surface area contributed by atoms with Crippen molar-refractivity contribution in [2.75, 3.05) is 6.61 Å². The first-order valence-corrected chi connectivity index (χ1v) is 8.26. The predicted molar refractivity (Wildman–Crippen MR) is 93.6 cm³/mol. The number of rotatable bonds is 3. The number of thiocarbonyl (C=S) groups is 1. The van der Waals surface area contributed by atoms with E-state index < -0.39 is 6.29 Å². The summed E-state index contributed by atoms with van der Waals surface area (Å²) in [5.41, 5.74) is 10.8. The zero-order chi connectivity index (χ0) is 17.4. The number of aromatic nitrogens is 4. The van der Waals surface area contributed by atoms with Gasteiger partial charge in [-0.25, -0.2) is 4.68 Å². The van der Waals surface area contributed by atoms with Gasteiger partial charge in [0.2, 0.25) is 0 Å². The summed E-state index contributed by atoms with van der Waals surface area (Å²) in [5.74, 6) is 0.681. The summed E-state index contributed by atoms with van der Waals surface area (Å²) in [6, 6.07) is 7.92. The fraction of sp³-hybridized carbons (Fsp3) is 0.400. The lowest BCUT2D eigenvalue weighted by molar-refractivity contribution is -0.0320. The SMILES string of the molecule is Cc1ccc(-c2nnnn2C2C/C(=N/NC(N)=S)C3OCC2O3)cc1. The Labute approximate surface area is 149 Å². The minimum Gasteiger partial charge on any atom is -0.375 e. The number of nitrogens with one attached hydrogen (secondary N) is 1. The number of nitrogens with two attached hydrogens (primary N) is 1. The number of tetrazole rings is 1. The van der Waals surface area contributed by atoms with Crippen molar-refractivity contribution in [3.8, 4) is 11.4 Å². The minimum atomic E-state index is -0.484. The third-order valence-corrected chi connectivity index (χ3v) is 4.35. The van der Waals surface area contributed by atoms with E-state index in [2.05, 4.69) is 26.1 Å². The second-order valence-electron chi connectivity index (χ2n) is 6.00. The van der Waals surface area contributed by atoms with Crippen molar-refractivity contribution in [3.05, 3.63) is 29.8 Å². The largest absolute Gasteiger partial charge is 0.375 e. The summed E-state index contributed by atoms with van der Waals surface area (Å²) in [6.45, 7) is 2.49. The molecule has 4 rings (SSSR count). The van der Waals surface area contributed by atoms with E-state index in [0.717, 1.165) is 5.56 Å². The number of fused-ring (bicyclic) bond motifs is 2. The quantitative estimate of drug-likeness (QED) is 0.603. The van der Waals surface area contributed by atoms with E-state index >= 15 is 0 Å². The lowest BCUT2D eigenvalue weighted by atomic mass is 10.0. The lowest BCUT2D eigenvalue weighted by Crippen LogP contribution is -2.39. The van der Waals surface area contributed by atoms with Gasteiger partial charge >= 0.3 is 0 Å². The molecule has 0 aliphatic carbocycles. The van der Waals surface area contributed by atoms with Gasteiger partial charge in [-0.15, -0.1) is 5.10 Å². The maximum Gasteiger partial charge on any atom is 0.199 e. The molecular weight excluding hydrogens is 342 g/mol. The highest BCUT2D eigenvalue weighted by molar-refractivity contribution is 7.80. The molecule has 2 fully saturated rings. The van der Waals surface area contributed by atoms with E-state index in [1.54, 1.807) is 4.68 Å². The molecule has 2 aliphatic rings. The first kappa shape index (κ1) is 16.1. The van der Waals surface area contributed by atoms with Gasteiger partial charge in [0.25, 0.3) is 0 Å². The second-order valence-corrected chi connectivity index (χ2v) is 6.44. The molecule has 0 saturated carbocycles. The summed E-state index contributed by atoms with van der Waals surface area (Å²) >= 11 is 4.79. The van der Waals surface area contributed by atoms with Crippen LogP contribution in [-0.4, -0.2) is 50.0 Å². The Hall–Kier alpha value is -2.43. The Morgan fingerprint density at radius 3 is 2.96 bits per heavy atom. The number of benzene rings is 1. The fourth-order valence-electron chi connectivity index (χ4n) is 3.02. The van der Waals surface area contributed by atoms with E-state index in [0.29, 0.717) is 24.6 Å². The molecule has 3 N–H and O–H groups in total.